The van der Waals surface area contributed by atoms with Gasteiger partial charge < -0.3 is 16.0 Å². The van der Waals surface area contributed by atoms with Crippen molar-refractivity contribution in [2.75, 3.05) is 30.7 Å². The van der Waals surface area contributed by atoms with Crippen LogP contribution in [0.4, 0.5) is 11.4 Å². The number of carbonyl (C=O) groups excluding carboxylic acids is 1. The van der Waals surface area contributed by atoms with Gasteiger partial charge in [0.2, 0.25) is 5.91 Å². The Kier molecular flexibility index (Phi) is 4.59. The van der Waals surface area contributed by atoms with E-state index in [1.807, 2.05) is 12.1 Å². The molecule has 1 saturated heterocycles. The molecule has 1 aliphatic rings. The van der Waals surface area contributed by atoms with Gasteiger partial charge in [-0.15, -0.1) is 0 Å². The molecule has 4 heteroatoms. The largest absolute Gasteiger partial charge is 0.399 e. The van der Waals surface area contributed by atoms with Crippen molar-refractivity contribution in [3.05, 3.63) is 24.3 Å². The van der Waals surface area contributed by atoms with E-state index >= 15 is 0 Å². The molecule has 0 aromatic heterocycles. The number of carbonyl (C=O) groups is 1. The summed E-state index contributed by atoms with van der Waals surface area (Å²) in [6.07, 6.45) is 4.12. The van der Waals surface area contributed by atoms with E-state index in [0.29, 0.717) is 12.1 Å². The molecule has 0 radical (unpaired) electrons. The zero-order chi connectivity index (χ0) is 12.8. The molecule has 4 nitrogen and oxygen atoms in total. The number of benzene rings is 1. The van der Waals surface area contributed by atoms with Gasteiger partial charge in [-0.25, -0.2) is 0 Å². The smallest absolute Gasteiger partial charge is 0.224 e. The number of nitrogen functional groups attached to an aromatic ring is 1. The SMILES string of the molecule is Nc1ccc(NC(=O)CCCN2CCCC2)cc1. The lowest BCUT2D eigenvalue weighted by atomic mass is 10.2. The highest BCUT2D eigenvalue weighted by atomic mass is 16.1. The van der Waals surface area contributed by atoms with Crippen LogP contribution in [0, 0.1) is 0 Å². The van der Waals surface area contributed by atoms with Crippen LogP contribution < -0.4 is 11.1 Å². The topological polar surface area (TPSA) is 58.4 Å². The first-order valence-corrected chi connectivity index (χ1v) is 6.62. The molecule has 3 N–H and O–H groups in total. The molecule has 1 fully saturated rings. The van der Waals surface area contributed by atoms with Crippen molar-refractivity contribution in [3.63, 3.8) is 0 Å². The number of nitrogens with one attached hydrogen (secondary N) is 1. The van der Waals surface area contributed by atoms with Gasteiger partial charge in [-0.3, -0.25) is 4.79 Å². The van der Waals surface area contributed by atoms with Crippen molar-refractivity contribution < 1.29 is 4.79 Å². The highest BCUT2D eigenvalue weighted by Gasteiger charge is 2.11. The Bertz CT molecular complexity index is 383. The molecule has 2 rings (SSSR count). The molecular formula is C14H21N3O. The molecule has 1 amide bonds. The second-order valence-electron chi connectivity index (χ2n) is 4.82. The number of hydrogen-bond acceptors (Lipinski definition) is 3. The lowest BCUT2D eigenvalue weighted by molar-refractivity contribution is -0.116. The first-order chi connectivity index (χ1) is 8.74. The molecular weight excluding hydrogens is 226 g/mol. The highest BCUT2D eigenvalue weighted by molar-refractivity contribution is 5.90. The van der Waals surface area contributed by atoms with Crippen molar-refractivity contribution in [2.24, 2.45) is 0 Å². The zero-order valence-electron chi connectivity index (χ0n) is 10.7. The summed E-state index contributed by atoms with van der Waals surface area (Å²) in [6, 6.07) is 7.24. The number of hydrogen-bond donors (Lipinski definition) is 2. The predicted octanol–water partition coefficient (Wildman–Crippen LogP) is 2.08. The normalized spacial score (nSPS) is 15.8. The maximum Gasteiger partial charge on any atom is 0.224 e. The van der Waals surface area contributed by atoms with E-state index in [2.05, 4.69) is 10.2 Å². The van der Waals surface area contributed by atoms with Gasteiger partial charge in [-0.2, -0.15) is 0 Å². The van der Waals surface area contributed by atoms with E-state index in [1.165, 1.54) is 25.9 Å². The van der Waals surface area contributed by atoms with Gasteiger partial charge in [0, 0.05) is 17.8 Å². The van der Waals surface area contributed by atoms with Crippen molar-refractivity contribution in [1.29, 1.82) is 0 Å². The number of amides is 1. The van der Waals surface area contributed by atoms with E-state index in [4.69, 9.17) is 5.73 Å². The average molecular weight is 247 g/mol. The van der Waals surface area contributed by atoms with Gasteiger partial charge in [0.1, 0.15) is 0 Å². The third-order valence-electron chi connectivity index (χ3n) is 3.27. The predicted molar refractivity (Wildman–Crippen MR) is 74.4 cm³/mol. The lowest BCUT2D eigenvalue weighted by Gasteiger charge is -2.13. The fourth-order valence-electron chi connectivity index (χ4n) is 2.26. The molecule has 0 saturated carbocycles. The third kappa shape index (κ3) is 4.04. The maximum absolute atomic E-state index is 11.7. The minimum atomic E-state index is 0.0824. The number of nitrogens with zero attached hydrogens (tertiary/aromatic N) is 1. The van der Waals surface area contributed by atoms with Crippen molar-refractivity contribution in [1.82, 2.24) is 4.90 Å². The van der Waals surface area contributed by atoms with E-state index in [0.717, 1.165) is 18.7 Å². The van der Waals surface area contributed by atoms with Gasteiger partial charge in [-0.05, 0) is 63.2 Å². The summed E-state index contributed by atoms with van der Waals surface area (Å²) in [7, 11) is 0. The lowest BCUT2D eigenvalue weighted by Crippen LogP contribution is -2.22. The summed E-state index contributed by atoms with van der Waals surface area (Å²) in [6.45, 7) is 3.42. The Labute approximate surface area is 108 Å². The summed E-state index contributed by atoms with van der Waals surface area (Å²) in [4.78, 5) is 14.1. The monoisotopic (exact) mass is 247 g/mol. The quantitative estimate of drug-likeness (QED) is 0.783. The van der Waals surface area contributed by atoms with Crippen molar-refractivity contribution in [3.8, 4) is 0 Å². The summed E-state index contributed by atoms with van der Waals surface area (Å²) < 4.78 is 0. The molecule has 0 aliphatic carbocycles. The Morgan fingerprint density at radius 1 is 1.22 bits per heavy atom. The minimum Gasteiger partial charge on any atom is -0.399 e. The minimum absolute atomic E-state index is 0.0824. The Morgan fingerprint density at radius 3 is 2.56 bits per heavy atom. The Morgan fingerprint density at radius 2 is 1.89 bits per heavy atom. The van der Waals surface area contributed by atoms with Crippen LogP contribution >= 0.6 is 0 Å². The standard InChI is InChI=1S/C14H21N3O/c15-12-5-7-13(8-6-12)16-14(18)4-3-11-17-9-1-2-10-17/h5-8H,1-4,9-11,15H2,(H,16,18). The number of rotatable bonds is 5. The third-order valence-corrected chi connectivity index (χ3v) is 3.27. The number of likely N-dealkylation sites (tertiary alicyclic amines) is 1. The van der Waals surface area contributed by atoms with Gasteiger partial charge >= 0.3 is 0 Å². The van der Waals surface area contributed by atoms with Gasteiger partial charge in [0.05, 0.1) is 0 Å². The van der Waals surface area contributed by atoms with Gasteiger partial charge in [0.25, 0.3) is 0 Å². The molecule has 1 aromatic carbocycles. The van der Waals surface area contributed by atoms with Crippen LogP contribution in [-0.2, 0) is 4.79 Å². The van der Waals surface area contributed by atoms with E-state index in [1.54, 1.807) is 12.1 Å². The summed E-state index contributed by atoms with van der Waals surface area (Å²) in [5.74, 6) is 0.0824. The van der Waals surface area contributed by atoms with Crippen LogP contribution in [0.25, 0.3) is 0 Å². The fraction of sp³-hybridized carbons (Fsp3) is 0.500. The van der Waals surface area contributed by atoms with Crippen LogP contribution in [0.15, 0.2) is 24.3 Å². The molecule has 1 aromatic rings. The number of nitrogens with two attached hydrogens (primary N) is 1. The first-order valence-electron chi connectivity index (χ1n) is 6.62. The second kappa shape index (κ2) is 6.40. The molecule has 1 heterocycles. The molecule has 98 valence electrons. The summed E-state index contributed by atoms with van der Waals surface area (Å²) in [5.41, 5.74) is 7.11. The molecule has 18 heavy (non-hydrogen) atoms. The zero-order valence-corrected chi connectivity index (χ0v) is 10.7. The maximum atomic E-state index is 11.7. The van der Waals surface area contributed by atoms with E-state index < -0.39 is 0 Å². The summed E-state index contributed by atoms with van der Waals surface area (Å²) in [5, 5.41) is 2.88. The molecule has 0 bridgehead atoms. The molecule has 0 unspecified atom stereocenters. The van der Waals surface area contributed by atoms with Crippen LogP contribution in [0.1, 0.15) is 25.7 Å². The molecule has 0 spiro atoms. The van der Waals surface area contributed by atoms with Crippen molar-refractivity contribution >= 4 is 17.3 Å². The van der Waals surface area contributed by atoms with Crippen LogP contribution in [-0.4, -0.2) is 30.4 Å². The molecule has 1 aliphatic heterocycles. The molecule has 0 atom stereocenters. The van der Waals surface area contributed by atoms with Gasteiger partial charge in [0.15, 0.2) is 0 Å². The van der Waals surface area contributed by atoms with E-state index in [9.17, 15) is 4.79 Å². The van der Waals surface area contributed by atoms with Crippen LogP contribution in [0.5, 0.6) is 0 Å². The van der Waals surface area contributed by atoms with Crippen LogP contribution in [0.3, 0.4) is 0 Å². The fourth-order valence-corrected chi connectivity index (χ4v) is 2.26. The van der Waals surface area contributed by atoms with Crippen LogP contribution in [0.2, 0.25) is 0 Å². The Hall–Kier alpha value is -1.55. The second-order valence-corrected chi connectivity index (χ2v) is 4.82. The van der Waals surface area contributed by atoms with Crippen molar-refractivity contribution in [2.45, 2.75) is 25.7 Å². The highest BCUT2D eigenvalue weighted by Crippen LogP contribution is 2.12. The van der Waals surface area contributed by atoms with Gasteiger partial charge in [-0.1, -0.05) is 0 Å². The number of anilines is 2. The summed E-state index contributed by atoms with van der Waals surface area (Å²) >= 11 is 0. The Balaban J connectivity index is 1.66. The average Bonchev–Trinajstić information content (AvgIpc) is 2.85. The first kappa shape index (κ1) is 12.9. The van der Waals surface area contributed by atoms with E-state index in [-0.39, 0.29) is 5.91 Å².